The van der Waals surface area contributed by atoms with Gasteiger partial charge in [0.25, 0.3) is 0 Å². The third-order valence-electron chi connectivity index (χ3n) is 3.50. The molecule has 1 saturated heterocycles. The Bertz CT molecular complexity index is 384. The van der Waals surface area contributed by atoms with Gasteiger partial charge in [0.15, 0.2) is 5.96 Å². The molecule has 0 bridgehead atoms. The molecule has 6 heteroatoms. The van der Waals surface area contributed by atoms with E-state index in [9.17, 15) is 4.79 Å². The van der Waals surface area contributed by atoms with Gasteiger partial charge in [-0.3, -0.25) is 10.1 Å². The van der Waals surface area contributed by atoms with Crippen LogP contribution in [-0.4, -0.2) is 41.9 Å². The van der Waals surface area contributed by atoms with Crippen molar-refractivity contribution in [1.29, 1.82) is 0 Å². The summed E-state index contributed by atoms with van der Waals surface area (Å²) in [6.45, 7) is 3.97. The Morgan fingerprint density at radius 1 is 1.47 bits per heavy atom. The molecular formula is C13H23N5O. The third kappa shape index (κ3) is 3.94. The maximum Gasteiger partial charge on any atom is 0.228 e. The van der Waals surface area contributed by atoms with E-state index in [1.54, 1.807) is 0 Å². The van der Waals surface area contributed by atoms with Crippen molar-refractivity contribution in [3.63, 3.8) is 0 Å². The fraction of sp³-hybridized carbons (Fsp3) is 0.769. The molecule has 2 rings (SSSR count). The zero-order valence-electron chi connectivity index (χ0n) is 11.6. The normalized spacial score (nSPS) is 25.0. The summed E-state index contributed by atoms with van der Waals surface area (Å²) in [4.78, 5) is 22.4. The summed E-state index contributed by atoms with van der Waals surface area (Å²) < 4.78 is 0. The number of rotatable bonds is 2. The van der Waals surface area contributed by atoms with E-state index in [1.165, 1.54) is 6.42 Å². The van der Waals surface area contributed by atoms with Crippen LogP contribution in [0.3, 0.4) is 0 Å². The monoisotopic (exact) mass is 265 g/mol. The number of carbonyl (C=O) groups excluding carboxylic acids is 1. The van der Waals surface area contributed by atoms with Crippen molar-refractivity contribution in [2.45, 2.75) is 51.5 Å². The molecule has 1 fully saturated rings. The largest absolute Gasteiger partial charge is 0.369 e. The number of guanidine groups is 2. The fourth-order valence-electron chi connectivity index (χ4n) is 2.50. The highest BCUT2D eigenvalue weighted by Crippen LogP contribution is 2.12. The second-order valence-corrected chi connectivity index (χ2v) is 5.17. The molecule has 0 aliphatic carbocycles. The first-order valence-electron chi connectivity index (χ1n) is 7.16. The first-order chi connectivity index (χ1) is 9.19. The minimum atomic E-state index is -0.0151. The topological polar surface area (TPSA) is 83.1 Å². The van der Waals surface area contributed by atoms with Gasteiger partial charge in [-0.05, 0) is 25.7 Å². The first-order valence-corrected chi connectivity index (χ1v) is 7.16. The maximum absolute atomic E-state index is 11.6. The summed E-state index contributed by atoms with van der Waals surface area (Å²) in [6.07, 6.45) is 5.92. The van der Waals surface area contributed by atoms with E-state index in [0.717, 1.165) is 38.8 Å². The highest BCUT2D eigenvalue weighted by molar-refractivity contribution is 6.04. The predicted octanol–water partition coefficient (Wildman–Crippen LogP) is 0.832. The van der Waals surface area contributed by atoms with E-state index < -0.39 is 0 Å². The molecule has 1 unspecified atom stereocenters. The number of piperidine rings is 1. The predicted molar refractivity (Wildman–Crippen MR) is 75.9 cm³/mol. The number of nitrogens with two attached hydrogens (primary N) is 1. The molecule has 0 radical (unpaired) electrons. The van der Waals surface area contributed by atoms with Gasteiger partial charge in [-0.15, -0.1) is 0 Å². The molecule has 2 aliphatic heterocycles. The molecule has 6 nitrogen and oxygen atoms in total. The smallest absolute Gasteiger partial charge is 0.228 e. The summed E-state index contributed by atoms with van der Waals surface area (Å²) in [5.74, 6) is 0.826. The van der Waals surface area contributed by atoms with Gasteiger partial charge in [0.05, 0.1) is 6.04 Å². The highest BCUT2D eigenvalue weighted by Gasteiger charge is 2.21. The van der Waals surface area contributed by atoms with Crippen LogP contribution < -0.4 is 11.1 Å². The van der Waals surface area contributed by atoms with Gasteiger partial charge in [-0.2, -0.15) is 4.99 Å². The van der Waals surface area contributed by atoms with Crippen molar-refractivity contribution in [2.75, 3.05) is 13.1 Å². The fourth-order valence-corrected chi connectivity index (χ4v) is 2.50. The molecule has 0 spiro atoms. The standard InChI is InChI=1S/C13H23N5O/c1-2-6-10-9-11(19)16-13(15-10)17-12(14)18-7-4-3-5-8-18/h10H,2-9H2,1H3,(H3,14,15,16,17,19). The first kappa shape index (κ1) is 13.8. The van der Waals surface area contributed by atoms with Gasteiger partial charge in [0.1, 0.15) is 0 Å². The van der Waals surface area contributed by atoms with Crippen molar-refractivity contribution in [3.05, 3.63) is 0 Å². The number of amides is 1. The molecule has 0 aromatic rings. The Morgan fingerprint density at radius 3 is 2.89 bits per heavy atom. The maximum atomic E-state index is 11.6. The minimum absolute atomic E-state index is 0.0151. The lowest BCUT2D eigenvalue weighted by Gasteiger charge is -2.28. The SMILES string of the molecule is CCCC1CC(=O)NC(N=C(N)N2CCCCC2)=N1. The van der Waals surface area contributed by atoms with Gasteiger partial charge in [0.2, 0.25) is 11.9 Å². The summed E-state index contributed by atoms with van der Waals surface area (Å²) >= 11 is 0. The Kier molecular flexibility index (Phi) is 4.76. The van der Waals surface area contributed by atoms with Crippen LogP contribution in [-0.2, 0) is 4.79 Å². The average molecular weight is 265 g/mol. The third-order valence-corrected chi connectivity index (χ3v) is 3.50. The zero-order chi connectivity index (χ0) is 13.7. The lowest BCUT2D eigenvalue weighted by molar-refractivity contribution is -0.120. The molecule has 106 valence electrons. The lowest BCUT2D eigenvalue weighted by atomic mass is 10.1. The zero-order valence-corrected chi connectivity index (χ0v) is 11.6. The van der Waals surface area contributed by atoms with Gasteiger partial charge < -0.3 is 10.6 Å². The minimum Gasteiger partial charge on any atom is -0.369 e. The molecule has 1 atom stereocenters. The van der Waals surface area contributed by atoms with Crippen LogP contribution >= 0.6 is 0 Å². The molecule has 3 N–H and O–H groups in total. The molecular weight excluding hydrogens is 242 g/mol. The van der Waals surface area contributed by atoms with E-state index in [-0.39, 0.29) is 11.9 Å². The number of likely N-dealkylation sites (tertiary alicyclic amines) is 1. The van der Waals surface area contributed by atoms with Crippen LogP contribution in [0.5, 0.6) is 0 Å². The van der Waals surface area contributed by atoms with E-state index >= 15 is 0 Å². The summed E-state index contributed by atoms with van der Waals surface area (Å²) in [5, 5.41) is 2.69. The average Bonchev–Trinajstić information content (AvgIpc) is 2.39. The molecule has 1 amide bonds. The van der Waals surface area contributed by atoms with Crippen molar-refractivity contribution in [3.8, 4) is 0 Å². The summed E-state index contributed by atoms with van der Waals surface area (Å²) in [6, 6.07) is 0.0478. The number of nitrogens with one attached hydrogen (secondary N) is 1. The van der Waals surface area contributed by atoms with Crippen LogP contribution in [0.1, 0.15) is 45.4 Å². The van der Waals surface area contributed by atoms with Crippen molar-refractivity contribution in [2.24, 2.45) is 15.7 Å². The van der Waals surface area contributed by atoms with Crippen LogP contribution in [0.4, 0.5) is 0 Å². The van der Waals surface area contributed by atoms with Crippen molar-refractivity contribution in [1.82, 2.24) is 10.2 Å². The Balaban J connectivity index is 2.04. The quantitative estimate of drug-likeness (QED) is 0.573. The number of hydrogen-bond donors (Lipinski definition) is 2. The number of hydrogen-bond acceptors (Lipinski definition) is 3. The second kappa shape index (κ2) is 6.54. The van der Waals surface area contributed by atoms with Gasteiger partial charge in [-0.1, -0.05) is 13.3 Å². The Morgan fingerprint density at radius 2 is 2.21 bits per heavy atom. The van der Waals surface area contributed by atoms with Gasteiger partial charge in [-0.25, -0.2) is 4.99 Å². The van der Waals surface area contributed by atoms with E-state index in [2.05, 4.69) is 27.1 Å². The lowest BCUT2D eigenvalue weighted by Crippen LogP contribution is -2.44. The molecule has 19 heavy (non-hydrogen) atoms. The Hall–Kier alpha value is -1.59. The van der Waals surface area contributed by atoms with Crippen LogP contribution in [0.15, 0.2) is 9.98 Å². The van der Waals surface area contributed by atoms with Gasteiger partial charge >= 0.3 is 0 Å². The molecule has 2 aliphatic rings. The Labute approximate surface area is 114 Å². The number of aliphatic imine (C=N–C) groups is 2. The van der Waals surface area contributed by atoms with Crippen LogP contribution in [0, 0.1) is 0 Å². The van der Waals surface area contributed by atoms with Crippen LogP contribution in [0.2, 0.25) is 0 Å². The molecule has 0 aromatic heterocycles. The van der Waals surface area contributed by atoms with E-state index in [4.69, 9.17) is 5.73 Å². The van der Waals surface area contributed by atoms with Gasteiger partial charge in [0, 0.05) is 19.5 Å². The highest BCUT2D eigenvalue weighted by atomic mass is 16.1. The van der Waals surface area contributed by atoms with Crippen molar-refractivity contribution >= 4 is 17.8 Å². The van der Waals surface area contributed by atoms with Crippen LogP contribution in [0.25, 0.3) is 0 Å². The molecule has 0 aromatic carbocycles. The molecule has 0 saturated carbocycles. The van der Waals surface area contributed by atoms with E-state index in [1.807, 2.05) is 0 Å². The van der Waals surface area contributed by atoms with E-state index in [0.29, 0.717) is 18.3 Å². The van der Waals surface area contributed by atoms with Crippen molar-refractivity contribution < 1.29 is 4.79 Å². The number of nitrogens with zero attached hydrogens (tertiary/aromatic N) is 3. The molecule has 2 heterocycles. The summed E-state index contributed by atoms with van der Waals surface area (Å²) in [7, 11) is 0. The summed E-state index contributed by atoms with van der Waals surface area (Å²) in [5.41, 5.74) is 5.99. The second-order valence-electron chi connectivity index (χ2n) is 5.17. The number of carbonyl (C=O) groups is 1.